The molecule has 15 heteroatoms. The lowest BCUT2D eigenvalue weighted by atomic mass is 10.0. The number of rotatable bonds is 12. The molecule has 1 amide bonds. The fraction of sp³-hybridized carbons (Fsp3) is 0.424. The number of esters is 1. The van der Waals surface area contributed by atoms with E-state index >= 15 is 0 Å². The normalized spacial score (nSPS) is 17.8. The van der Waals surface area contributed by atoms with E-state index in [1.165, 1.54) is 59.8 Å². The zero-order chi connectivity index (χ0) is 34.6. The molecule has 1 aliphatic heterocycles. The second kappa shape index (κ2) is 15.4. The summed E-state index contributed by atoms with van der Waals surface area (Å²) >= 11 is 12.9. The van der Waals surface area contributed by atoms with Gasteiger partial charge in [0.2, 0.25) is 10.0 Å². The van der Waals surface area contributed by atoms with Crippen LogP contribution in [0.15, 0.2) is 59.8 Å². The van der Waals surface area contributed by atoms with Gasteiger partial charge in [0.05, 0.1) is 21.0 Å². The number of benzene rings is 2. The number of carbonyl (C=O) groups is 2. The number of sulfonamides is 1. The molecule has 2 heterocycles. The number of hydrogen-bond acceptors (Lipinski definition) is 8. The van der Waals surface area contributed by atoms with E-state index in [1.54, 1.807) is 14.1 Å². The highest BCUT2D eigenvalue weighted by molar-refractivity contribution is 7.89. The molecule has 0 radical (unpaired) electrons. The van der Waals surface area contributed by atoms with Gasteiger partial charge < -0.3 is 19.1 Å². The largest absolute Gasteiger partial charge is 0.487 e. The number of alkyl halides is 2. The average Bonchev–Trinajstić information content (AvgIpc) is 3.76. The van der Waals surface area contributed by atoms with Crippen molar-refractivity contribution >= 4 is 45.1 Å². The first-order valence-electron chi connectivity index (χ1n) is 15.4. The Morgan fingerprint density at radius 1 is 1.00 bits per heavy atom. The molecule has 1 aromatic heterocycles. The summed E-state index contributed by atoms with van der Waals surface area (Å²) in [5.74, 6) is -1.31. The highest BCUT2D eigenvalue weighted by Gasteiger charge is 2.41. The Bertz CT molecular complexity index is 1740. The number of nitrogens with zero attached hydrogens (tertiary/aromatic N) is 3. The van der Waals surface area contributed by atoms with Crippen molar-refractivity contribution in [1.82, 2.24) is 14.2 Å². The number of pyridine rings is 1. The number of halogens is 4. The Kier molecular flexibility index (Phi) is 11.4. The van der Waals surface area contributed by atoms with E-state index in [1.807, 2.05) is 0 Å². The summed E-state index contributed by atoms with van der Waals surface area (Å²) < 4.78 is 72.2. The molecule has 1 saturated carbocycles. The molecule has 2 aliphatic rings. The summed E-state index contributed by atoms with van der Waals surface area (Å²) in [5, 5.41) is 0.418. The number of amides is 1. The fourth-order valence-corrected chi connectivity index (χ4v) is 8.12. The molecule has 3 aromatic rings. The van der Waals surface area contributed by atoms with Crippen LogP contribution in [0.25, 0.3) is 0 Å². The summed E-state index contributed by atoms with van der Waals surface area (Å²) in [6, 6.07) is 8.72. The van der Waals surface area contributed by atoms with E-state index < -0.39 is 34.7 Å². The van der Waals surface area contributed by atoms with Crippen molar-refractivity contribution in [1.29, 1.82) is 0 Å². The Hall–Kier alpha value is -3.52. The number of hydrogen-bond donors (Lipinski definition) is 0. The summed E-state index contributed by atoms with van der Waals surface area (Å²) in [6.07, 6.45) is 5.38. The lowest BCUT2D eigenvalue weighted by Gasteiger charge is -2.27. The quantitative estimate of drug-likeness (QED) is 0.190. The van der Waals surface area contributed by atoms with Gasteiger partial charge in [-0.1, -0.05) is 35.3 Å². The first kappa shape index (κ1) is 35.8. The third-order valence-electron chi connectivity index (χ3n) is 8.32. The van der Waals surface area contributed by atoms with Crippen LogP contribution in [0.3, 0.4) is 0 Å². The maximum absolute atomic E-state index is 13.9. The monoisotopic (exact) mass is 725 g/mol. The Morgan fingerprint density at radius 2 is 1.71 bits per heavy atom. The summed E-state index contributed by atoms with van der Waals surface area (Å²) in [6.45, 7) is -3.04. The minimum atomic E-state index is -4.22. The fourth-order valence-electron chi connectivity index (χ4n) is 5.91. The van der Waals surface area contributed by atoms with Crippen LogP contribution in [0.5, 0.6) is 11.5 Å². The van der Waals surface area contributed by atoms with Gasteiger partial charge in [-0.05, 0) is 80.0 Å². The molecule has 2 aromatic carbocycles. The van der Waals surface area contributed by atoms with Crippen LogP contribution < -0.4 is 9.47 Å². The lowest BCUT2D eigenvalue weighted by molar-refractivity contribution is -0.153. The van der Waals surface area contributed by atoms with E-state index in [2.05, 4.69) is 4.98 Å². The molecule has 5 rings (SSSR count). The molecule has 1 aliphatic carbocycles. The van der Waals surface area contributed by atoms with Crippen LogP contribution >= 0.6 is 23.2 Å². The molecule has 0 N–H and O–H groups in total. The van der Waals surface area contributed by atoms with E-state index in [9.17, 15) is 26.8 Å². The van der Waals surface area contributed by atoms with Crippen LogP contribution in [-0.2, 0) is 26.0 Å². The zero-order valence-electron chi connectivity index (χ0n) is 26.3. The third kappa shape index (κ3) is 8.19. The second-order valence-electron chi connectivity index (χ2n) is 11.8. The van der Waals surface area contributed by atoms with Gasteiger partial charge in [0.1, 0.15) is 12.1 Å². The van der Waals surface area contributed by atoms with Gasteiger partial charge in [0.15, 0.2) is 11.5 Å². The van der Waals surface area contributed by atoms with Gasteiger partial charge in [-0.3, -0.25) is 14.6 Å². The van der Waals surface area contributed by atoms with E-state index in [-0.39, 0.29) is 63.4 Å². The van der Waals surface area contributed by atoms with Gasteiger partial charge in [-0.2, -0.15) is 13.1 Å². The van der Waals surface area contributed by atoms with Crippen molar-refractivity contribution in [2.75, 3.05) is 20.6 Å². The van der Waals surface area contributed by atoms with Crippen LogP contribution in [0.4, 0.5) is 8.78 Å². The molecule has 10 nitrogen and oxygen atoms in total. The van der Waals surface area contributed by atoms with Crippen molar-refractivity contribution in [3.05, 3.63) is 81.6 Å². The van der Waals surface area contributed by atoms with Crippen LogP contribution in [0.1, 0.15) is 66.1 Å². The summed E-state index contributed by atoms with van der Waals surface area (Å²) in [7, 11) is -1.11. The molecule has 2 atom stereocenters. The molecule has 258 valence electrons. The van der Waals surface area contributed by atoms with Crippen molar-refractivity contribution in [2.24, 2.45) is 0 Å². The lowest BCUT2D eigenvalue weighted by Crippen LogP contribution is -2.42. The maximum Gasteiger partial charge on any atom is 0.387 e. The highest BCUT2D eigenvalue weighted by Crippen LogP contribution is 2.39. The Morgan fingerprint density at radius 3 is 2.38 bits per heavy atom. The van der Waals surface area contributed by atoms with E-state index in [4.69, 9.17) is 37.4 Å². The first-order chi connectivity index (χ1) is 22.8. The van der Waals surface area contributed by atoms with Crippen LogP contribution in [-0.4, -0.2) is 73.9 Å². The molecular weight excluding hydrogens is 691 g/mol. The minimum Gasteiger partial charge on any atom is -0.487 e. The molecular formula is C33H35Cl2F2N3O7S. The van der Waals surface area contributed by atoms with Gasteiger partial charge in [0.25, 0.3) is 5.91 Å². The molecule has 48 heavy (non-hydrogen) atoms. The van der Waals surface area contributed by atoms with Gasteiger partial charge >= 0.3 is 12.6 Å². The Balaban J connectivity index is 1.47. The van der Waals surface area contributed by atoms with Crippen molar-refractivity contribution < 1.29 is 41.0 Å². The predicted molar refractivity (Wildman–Crippen MR) is 174 cm³/mol. The minimum absolute atomic E-state index is 0.0436. The maximum atomic E-state index is 13.9. The standard InChI is InChI=1S/C33H35Cl2F2N3O7S/c1-39(2)31(41)21-7-5-10-23(15-21)48(43,44)40-14-6-11-27(40)32(42)46-29(17-24-25(34)18-38-19-26(24)35)20-12-13-28(47-33(36)37)30(16-20)45-22-8-3-4-9-22/h5,7,10,12-13,15-16,18-19,22,27,29,33H,3-4,6,8-9,11,14,17H2,1-2H3/t27-,29-/m0/s1. The summed E-state index contributed by atoms with van der Waals surface area (Å²) in [5.41, 5.74) is 0.959. The molecule has 2 fully saturated rings. The van der Waals surface area contributed by atoms with Crippen molar-refractivity contribution in [3.8, 4) is 11.5 Å². The van der Waals surface area contributed by atoms with Crippen molar-refractivity contribution in [2.45, 2.75) is 74.7 Å². The molecule has 0 spiro atoms. The zero-order valence-corrected chi connectivity index (χ0v) is 28.6. The third-order valence-corrected chi connectivity index (χ3v) is 10.9. The van der Waals surface area contributed by atoms with Gasteiger partial charge in [0, 0.05) is 45.0 Å². The van der Waals surface area contributed by atoms with Crippen LogP contribution in [0.2, 0.25) is 10.0 Å². The molecule has 0 unspecified atom stereocenters. The summed E-state index contributed by atoms with van der Waals surface area (Å²) in [4.78, 5) is 31.6. The van der Waals surface area contributed by atoms with Gasteiger partial charge in [-0.15, -0.1) is 0 Å². The molecule has 0 bridgehead atoms. The highest BCUT2D eigenvalue weighted by atomic mass is 35.5. The van der Waals surface area contributed by atoms with Crippen LogP contribution in [0, 0.1) is 0 Å². The predicted octanol–water partition coefficient (Wildman–Crippen LogP) is 6.69. The SMILES string of the molecule is CN(C)C(=O)c1cccc(S(=O)(=O)N2CCC[C@H]2C(=O)O[C@@H](Cc2c(Cl)cncc2Cl)c2ccc(OC(F)F)c(OC3CCCC3)c2)c1. The second-order valence-corrected chi connectivity index (χ2v) is 14.5. The van der Waals surface area contributed by atoms with Gasteiger partial charge in [-0.25, -0.2) is 8.42 Å². The first-order valence-corrected chi connectivity index (χ1v) is 17.6. The Labute approximate surface area is 287 Å². The average molecular weight is 727 g/mol. The van der Waals surface area contributed by atoms with Crippen molar-refractivity contribution in [3.63, 3.8) is 0 Å². The topological polar surface area (TPSA) is 115 Å². The van der Waals surface area contributed by atoms with E-state index in [0.29, 0.717) is 17.5 Å². The smallest absolute Gasteiger partial charge is 0.387 e. The van der Waals surface area contributed by atoms with E-state index in [0.717, 1.165) is 30.0 Å². The number of aromatic nitrogens is 1. The molecule has 1 saturated heterocycles. The number of carbonyl (C=O) groups excluding carboxylic acids is 2. The number of ether oxygens (including phenoxy) is 3.